The number of carbonyl (C=O) groups excluding carboxylic acids is 1. The van der Waals surface area contributed by atoms with Crippen LogP contribution in [0.3, 0.4) is 0 Å². The molecule has 80 valence electrons. The zero-order chi connectivity index (χ0) is 10.5. The zero-order valence-corrected chi connectivity index (χ0v) is 8.57. The molecule has 0 unspecified atom stereocenters. The molecule has 15 heavy (non-hydrogen) atoms. The van der Waals surface area contributed by atoms with Gasteiger partial charge in [-0.05, 0) is 31.5 Å². The summed E-state index contributed by atoms with van der Waals surface area (Å²) in [7, 11) is 0. The maximum absolute atomic E-state index is 11.6. The van der Waals surface area contributed by atoms with Crippen LogP contribution in [-0.4, -0.2) is 23.5 Å². The van der Waals surface area contributed by atoms with E-state index in [-0.39, 0.29) is 11.9 Å². The summed E-state index contributed by atoms with van der Waals surface area (Å²) in [6.07, 6.45) is 3.75. The van der Waals surface area contributed by atoms with Crippen molar-refractivity contribution < 1.29 is 4.79 Å². The molecule has 0 aromatic carbocycles. The Kier molecular flexibility index (Phi) is 3.29. The molecule has 1 aliphatic heterocycles. The van der Waals surface area contributed by atoms with Crippen LogP contribution in [0.5, 0.6) is 0 Å². The molecule has 0 bridgehead atoms. The third-order valence-electron chi connectivity index (χ3n) is 2.55. The second kappa shape index (κ2) is 4.89. The largest absolute Gasteiger partial charge is 0.349 e. The van der Waals surface area contributed by atoms with Gasteiger partial charge >= 0.3 is 0 Å². The highest BCUT2D eigenvalue weighted by Gasteiger charge is 2.21. The zero-order valence-electron chi connectivity index (χ0n) is 8.57. The number of hydrogen-bond donors (Lipinski definition) is 2. The van der Waals surface area contributed by atoms with E-state index < -0.39 is 0 Å². The van der Waals surface area contributed by atoms with Crippen molar-refractivity contribution in [1.82, 2.24) is 15.6 Å². The van der Waals surface area contributed by atoms with Crippen LogP contribution in [0, 0.1) is 0 Å². The van der Waals surface area contributed by atoms with Gasteiger partial charge in [0.15, 0.2) is 0 Å². The Hall–Kier alpha value is -1.42. The lowest BCUT2D eigenvalue weighted by Crippen LogP contribution is -2.40. The molecule has 1 aromatic rings. The summed E-state index contributed by atoms with van der Waals surface area (Å²) >= 11 is 0. The standard InChI is InChI=1S/C11H15N3O/c15-11(10-5-3-7-13-10)14-8-9-4-1-2-6-12-9/h1-2,4,6,10,13H,3,5,7-8H2,(H,14,15)/t10-/m0/s1. The van der Waals surface area contributed by atoms with Crippen LogP contribution in [0.2, 0.25) is 0 Å². The van der Waals surface area contributed by atoms with Gasteiger partial charge in [-0.15, -0.1) is 0 Å². The van der Waals surface area contributed by atoms with Crippen molar-refractivity contribution in [2.24, 2.45) is 0 Å². The third-order valence-corrected chi connectivity index (χ3v) is 2.55. The van der Waals surface area contributed by atoms with Gasteiger partial charge in [0, 0.05) is 6.20 Å². The molecule has 1 fully saturated rings. The normalized spacial score (nSPS) is 20.1. The van der Waals surface area contributed by atoms with Gasteiger partial charge in [0.1, 0.15) is 0 Å². The Bertz CT molecular complexity index is 320. The van der Waals surface area contributed by atoms with Crippen LogP contribution in [-0.2, 0) is 11.3 Å². The number of pyridine rings is 1. The number of amides is 1. The Labute approximate surface area is 89.1 Å². The minimum atomic E-state index is -0.00582. The third kappa shape index (κ3) is 2.76. The summed E-state index contributed by atoms with van der Waals surface area (Å²) < 4.78 is 0. The van der Waals surface area contributed by atoms with E-state index in [1.807, 2.05) is 18.2 Å². The van der Waals surface area contributed by atoms with Gasteiger partial charge in [-0.1, -0.05) is 6.07 Å². The number of aromatic nitrogens is 1. The molecule has 2 rings (SSSR count). The number of nitrogens with one attached hydrogen (secondary N) is 2. The lowest BCUT2D eigenvalue weighted by Gasteiger charge is -2.10. The van der Waals surface area contributed by atoms with Crippen LogP contribution >= 0.6 is 0 Å². The van der Waals surface area contributed by atoms with Crippen LogP contribution in [0.25, 0.3) is 0 Å². The molecule has 1 atom stereocenters. The maximum Gasteiger partial charge on any atom is 0.237 e. The average Bonchev–Trinajstić information content (AvgIpc) is 2.81. The van der Waals surface area contributed by atoms with Gasteiger partial charge in [-0.25, -0.2) is 0 Å². The molecule has 0 aliphatic carbocycles. The van der Waals surface area contributed by atoms with Crippen LogP contribution in [0.1, 0.15) is 18.5 Å². The summed E-state index contributed by atoms with van der Waals surface area (Å²) in [6, 6.07) is 5.68. The van der Waals surface area contributed by atoms with Gasteiger partial charge in [-0.2, -0.15) is 0 Å². The van der Waals surface area contributed by atoms with Crippen molar-refractivity contribution >= 4 is 5.91 Å². The lowest BCUT2D eigenvalue weighted by atomic mass is 10.2. The lowest BCUT2D eigenvalue weighted by molar-refractivity contribution is -0.122. The van der Waals surface area contributed by atoms with E-state index in [0.29, 0.717) is 6.54 Å². The monoisotopic (exact) mass is 205 g/mol. The van der Waals surface area contributed by atoms with E-state index in [1.165, 1.54) is 0 Å². The van der Waals surface area contributed by atoms with Crippen molar-refractivity contribution in [1.29, 1.82) is 0 Å². The maximum atomic E-state index is 11.6. The second-order valence-corrected chi connectivity index (χ2v) is 3.69. The molecule has 1 saturated heterocycles. The molecule has 1 amide bonds. The van der Waals surface area contributed by atoms with E-state index in [0.717, 1.165) is 25.1 Å². The predicted molar refractivity (Wildman–Crippen MR) is 57.1 cm³/mol. The topological polar surface area (TPSA) is 54.0 Å². The highest BCUT2D eigenvalue weighted by molar-refractivity contribution is 5.81. The first-order chi connectivity index (χ1) is 7.36. The molecule has 0 saturated carbocycles. The quantitative estimate of drug-likeness (QED) is 0.753. The van der Waals surface area contributed by atoms with Crippen LogP contribution in [0.4, 0.5) is 0 Å². The first-order valence-electron chi connectivity index (χ1n) is 5.27. The summed E-state index contributed by atoms with van der Waals surface area (Å²) in [5.41, 5.74) is 0.892. The fraction of sp³-hybridized carbons (Fsp3) is 0.455. The fourth-order valence-corrected chi connectivity index (χ4v) is 1.71. The van der Waals surface area contributed by atoms with Crippen molar-refractivity contribution in [3.05, 3.63) is 30.1 Å². The van der Waals surface area contributed by atoms with Crippen molar-refractivity contribution in [2.75, 3.05) is 6.54 Å². The van der Waals surface area contributed by atoms with E-state index >= 15 is 0 Å². The molecule has 4 heteroatoms. The number of rotatable bonds is 3. The molecule has 0 radical (unpaired) electrons. The molecule has 2 heterocycles. The van der Waals surface area contributed by atoms with Gasteiger partial charge < -0.3 is 10.6 Å². The predicted octanol–water partition coefficient (Wildman–Crippen LogP) is 0.450. The molecule has 4 nitrogen and oxygen atoms in total. The Morgan fingerprint density at radius 1 is 1.60 bits per heavy atom. The summed E-state index contributed by atoms with van der Waals surface area (Å²) in [5, 5.41) is 6.04. The molecule has 2 N–H and O–H groups in total. The molecular weight excluding hydrogens is 190 g/mol. The molecular formula is C11H15N3O. The van der Waals surface area contributed by atoms with E-state index in [4.69, 9.17) is 0 Å². The number of nitrogens with zero attached hydrogens (tertiary/aromatic N) is 1. The average molecular weight is 205 g/mol. The SMILES string of the molecule is O=C(NCc1ccccn1)[C@@H]1CCCN1. The van der Waals surface area contributed by atoms with Crippen molar-refractivity contribution in [2.45, 2.75) is 25.4 Å². The number of carbonyl (C=O) groups is 1. The summed E-state index contributed by atoms with van der Waals surface area (Å²) in [4.78, 5) is 15.8. The first-order valence-corrected chi connectivity index (χ1v) is 5.27. The Morgan fingerprint density at radius 3 is 3.20 bits per heavy atom. The molecule has 1 aromatic heterocycles. The second-order valence-electron chi connectivity index (χ2n) is 3.69. The molecule has 0 spiro atoms. The van der Waals surface area contributed by atoms with E-state index in [1.54, 1.807) is 6.20 Å². The van der Waals surface area contributed by atoms with Gasteiger partial charge in [-0.3, -0.25) is 9.78 Å². The minimum absolute atomic E-state index is 0.00582. The van der Waals surface area contributed by atoms with Crippen LogP contribution in [0.15, 0.2) is 24.4 Å². The summed E-state index contributed by atoms with van der Waals surface area (Å²) in [5.74, 6) is 0.0816. The highest BCUT2D eigenvalue weighted by atomic mass is 16.2. The first kappa shape index (κ1) is 10.1. The molecule has 1 aliphatic rings. The smallest absolute Gasteiger partial charge is 0.237 e. The van der Waals surface area contributed by atoms with Gasteiger partial charge in [0.25, 0.3) is 0 Å². The van der Waals surface area contributed by atoms with Crippen LogP contribution < -0.4 is 10.6 Å². The fourth-order valence-electron chi connectivity index (χ4n) is 1.71. The van der Waals surface area contributed by atoms with E-state index in [2.05, 4.69) is 15.6 Å². The van der Waals surface area contributed by atoms with Gasteiger partial charge in [0.2, 0.25) is 5.91 Å². The van der Waals surface area contributed by atoms with E-state index in [9.17, 15) is 4.79 Å². The van der Waals surface area contributed by atoms with Gasteiger partial charge in [0.05, 0.1) is 18.3 Å². The van der Waals surface area contributed by atoms with Crippen molar-refractivity contribution in [3.8, 4) is 0 Å². The Balaban J connectivity index is 1.80. The summed E-state index contributed by atoms with van der Waals surface area (Å²) in [6.45, 7) is 1.46. The number of hydrogen-bond acceptors (Lipinski definition) is 3. The minimum Gasteiger partial charge on any atom is -0.349 e. The van der Waals surface area contributed by atoms with Crippen molar-refractivity contribution in [3.63, 3.8) is 0 Å². The Morgan fingerprint density at radius 2 is 2.53 bits per heavy atom. The highest BCUT2D eigenvalue weighted by Crippen LogP contribution is 2.04.